The van der Waals surface area contributed by atoms with Crippen molar-refractivity contribution in [3.63, 3.8) is 0 Å². The summed E-state index contributed by atoms with van der Waals surface area (Å²) in [7, 11) is 0. The van der Waals surface area contributed by atoms with E-state index in [0.29, 0.717) is 29.3 Å². The molecule has 1 aliphatic heterocycles. The van der Waals surface area contributed by atoms with Crippen LogP contribution in [0.25, 0.3) is 15.9 Å². The zero-order valence-corrected chi connectivity index (χ0v) is 15.5. The Morgan fingerprint density at radius 1 is 1.35 bits per heavy atom. The summed E-state index contributed by atoms with van der Waals surface area (Å²) in [6.07, 6.45) is 1.21. The number of hydrogen-bond donors (Lipinski definition) is 1. The highest BCUT2D eigenvalue weighted by Gasteiger charge is 2.35. The Labute approximate surface area is 158 Å². The van der Waals surface area contributed by atoms with Crippen LogP contribution in [0.5, 0.6) is 0 Å². The van der Waals surface area contributed by atoms with Gasteiger partial charge in [0.05, 0.1) is 21.3 Å². The van der Waals surface area contributed by atoms with E-state index >= 15 is 0 Å². The molecule has 3 aromatic rings. The number of halogens is 1. The van der Waals surface area contributed by atoms with Crippen LogP contribution in [0.15, 0.2) is 30.3 Å². The lowest BCUT2D eigenvalue weighted by atomic mass is 10.2. The van der Waals surface area contributed by atoms with Gasteiger partial charge in [0.1, 0.15) is 10.9 Å². The van der Waals surface area contributed by atoms with Gasteiger partial charge in [0.25, 0.3) is 5.91 Å². The normalized spacial score (nSPS) is 17.2. The highest BCUT2D eigenvalue weighted by molar-refractivity contribution is 7.20. The van der Waals surface area contributed by atoms with Gasteiger partial charge in [-0.1, -0.05) is 23.7 Å². The van der Waals surface area contributed by atoms with E-state index in [1.807, 2.05) is 25.1 Å². The first kappa shape index (κ1) is 17.1. The minimum Gasteiger partial charge on any atom is -0.480 e. The van der Waals surface area contributed by atoms with Crippen LogP contribution in [0.3, 0.4) is 0 Å². The number of likely N-dealkylation sites (tertiary alicyclic amines) is 1. The Kier molecular flexibility index (Phi) is 4.20. The van der Waals surface area contributed by atoms with Crippen molar-refractivity contribution in [3.8, 4) is 5.69 Å². The van der Waals surface area contributed by atoms with Gasteiger partial charge in [-0.2, -0.15) is 5.10 Å². The van der Waals surface area contributed by atoms with Crippen LogP contribution in [0.2, 0.25) is 5.02 Å². The zero-order valence-electron chi connectivity index (χ0n) is 14.0. The van der Waals surface area contributed by atoms with Crippen molar-refractivity contribution in [2.24, 2.45) is 0 Å². The van der Waals surface area contributed by atoms with Crippen molar-refractivity contribution < 1.29 is 14.7 Å². The van der Waals surface area contributed by atoms with Gasteiger partial charge < -0.3 is 10.0 Å². The third-order valence-corrected chi connectivity index (χ3v) is 6.05. The third kappa shape index (κ3) is 2.68. The first-order chi connectivity index (χ1) is 12.5. The first-order valence-corrected chi connectivity index (χ1v) is 9.44. The largest absolute Gasteiger partial charge is 0.480 e. The molecule has 3 heterocycles. The van der Waals surface area contributed by atoms with E-state index in [9.17, 15) is 14.7 Å². The Hall–Kier alpha value is -2.38. The number of aryl methyl sites for hydroxylation is 1. The molecule has 1 N–H and O–H groups in total. The van der Waals surface area contributed by atoms with Gasteiger partial charge in [-0.3, -0.25) is 4.79 Å². The first-order valence-electron chi connectivity index (χ1n) is 8.25. The van der Waals surface area contributed by atoms with Crippen molar-refractivity contribution in [2.45, 2.75) is 25.8 Å². The van der Waals surface area contributed by atoms with Crippen LogP contribution < -0.4 is 0 Å². The summed E-state index contributed by atoms with van der Waals surface area (Å²) in [6.45, 7) is 2.35. The Morgan fingerprint density at radius 3 is 2.85 bits per heavy atom. The van der Waals surface area contributed by atoms with Gasteiger partial charge >= 0.3 is 5.97 Å². The van der Waals surface area contributed by atoms with Gasteiger partial charge in [-0.05, 0) is 38.0 Å². The zero-order chi connectivity index (χ0) is 18.4. The quantitative estimate of drug-likeness (QED) is 0.740. The summed E-state index contributed by atoms with van der Waals surface area (Å²) >= 11 is 7.61. The van der Waals surface area contributed by atoms with Crippen molar-refractivity contribution in [2.75, 3.05) is 6.54 Å². The Morgan fingerprint density at radius 2 is 2.12 bits per heavy atom. The molecule has 0 spiro atoms. The summed E-state index contributed by atoms with van der Waals surface area (Å²) in [6, 6.07) is 8.45. The Balaban J connectivity index is 1.77. The number of nitrogens with zero attached hydrogens (tertiary/aromatic N) is 3. The molecule has 4 rings (SSSR count). The average Bonchev–Trinajstić information content (AvgIpc) is 3.31. The molecule has 26 heavy (non-hydrogen) atoms. The fourth-order valence-corrected chi connectivity index (χ4v) is 4.70. The van der Waals surface area contributed by atoms with Gasteiger partial charge in [0, 0.05) is 11.9 Å². The molecule has 6 nitrogen and oxygen atoms in total. The number of carboxylic acid groups (broad SMARTS) is 1. The maximum Gasteiger partial charge on any atom is 0.326 e. The van der Waals surface area contributed by atoms with Crippen LogP contribution in [-0.2, 0) is 4.79 Å². The standard InChI is InChI=1S/C18H16ClN3O3S/c1-10-11-9-15(16(23)21-8-4-7-14(21)18(24)25)26-17(11)22(20-10)13-6-3-2-5-12(13)19/h2-3,5-6,9,14H,4,7-8H2,1H3,(H,24,25)/t14-/m1/s1. The molecule has 0 saturated carbocycles. The molecule has 134 valence electrons. The van der Waals surface area contributed by atoms with Crippen molar-refractivity contribution >= 4 is 45.0 Å². The SMILES string of the molecule is Cc1nn(-c2ccccc2Cl)c2sc(C(=O)N3CCC[C@@H]3C(=O)O)cc12. The molecule has 2 aromatic heterocycles. The molecule has 1 aliphatic rings. The van der Waals surface area contributed by atoms with E-state index in [1.165, 1.54) is 16.2 Å². The summed E-state index contributed by atoms with van der Waals surface area (Å²) in [5, 5.41) is 15.3. The van der Waals surface area contributed by atoms with E-state index in [1.54, 1.807) is 16.8 Å². The highest BCUT2D eigenvalue weighted by Crippen LogP contribution is 2.34. The fourth-order valence-electron chi connectivity index (χ4n) is 3.35. The topological polar surface area (TPSA) is 75.4 Å². The van der Waals surface area contributed by atoms with Crippen LogP contribution in [0.1, 0.15) is 28.2 Å². The van der Waals surface area contributed by atoms with Crippen molar-refractivity contribution in [3.05, 3.63) is 45.9 Å². The summed E-state index contributed by atoms with van der Waals surface area (Å²) in [5.74, 6) is -1.18. The molecule has 1 aromatic carbocycles. The number of para-hydroxylation sites is 1. The highest BCUT2D eigenvalue weighted by atomic mass is 35.5. The average molecular weight is 390 g/mol. The Bertz CT molecular complexity index is 1030. The number of hydrogen-bond acceptors (Lipinski definition) is 4. The molecule has 0 radical (unpaired) electrons. The van der Waals surface area contributed by atoms with E-state index in [-0.39, 0.29) is 5.91 Å². The lowest BCUT2D eigenvalue weighted by molar-refractivity contribution is -0.141. The second kappa shape index (κ2) is 6.41. The van der Waals surface area contributed by atoms with E-state index in [0.717, 1.165) is 21.6 Å². The predicted octanol–water partition coefficient (Wildman–Crippen LogP) is 3.74. The third-order valence-electron chi connectivity index (χ3n) is 4.63. The van der Waals surface area contributed by atoms with Crippen LogP contribution in [0.4, 0.5) is 0 Å². The molecule has 8 heteroatoms. The number of carboxylic acids is 1. The number of aliphatic carboxylic acids is 1. The molecular weight excluding hydrogens is 374 g/mol. The van der Waals surface area contributed by atoms with Crippen LogP contribution in [0, 0.1) is 6.92 Å². The van der Waals surface area contributed by atoms with Gasteiger partial charge in [-0.25, -0.2) is 9.48 Å². The maximum atomic E-state index is 12.9. The van der Waals surface area contributed by atoms with Gasteiger partial charge in [0.2, 0.25) is 0 Å². The number of aromatic nitrogens is 2. The second-order valence-electron chi connectivity index (χ2n) is 6.27. The minimum atomic E-state index is -0.949. The van der Waals surface area contributed by atoms with E-state index in [2.05, 4.69) is 5.10 Å². The van der Waals surface area contributed by atoms with Gasteiger partial charge in [-0.15, -0.1) is 11.3 Å². The molecule has 1 amide bonds. The molecule has 0 bridgehead atoms. The van der Waals surface area contributed by atoms with Crippen molar-refractivity contribution in [1.82, 2.24) is 14.7 Å². The lowest BCUT2D eigenvalue weighted by Gasteiger charge is -2.20. The lowest BCUT2D eigenvalue weighted by Crippen LogP contribution is -2.40. The van der Waals surface area contributed by atoms with Gasteiger partial charge in [0.15, 0.2) is 0 Å². The minimum absolute atomic E-state index is 0.235. The number of fused-ring (bicyclic) bond motifs is 1. The molecule has 0 unspecified atom stereocenters. The molecule has 1 saturated heterocycles. The summed E-state index contributed by atoms with van der Waals surface area (Å²) in [4.78, 5) is 27.1. The van der Waals surface area contributed by atoms with E-state index in [4.69, 9.17) is 11.6 Å². The number of carbonyl (C=O) groups is 2. The molecule has 1 fully saturated rings. The number of benzene rings is 1. The number of amides is 1. The molecular formula is C18H16ClN3O3S. The maximum absolute atomic E-state index is 12.9. The number of rotatable bonds is 3. The predicted molar refractivity (Wildman–Crippen MR) is 100 cm³/mol. The van der Waals surface area contributed by atoms with Crippen LogP contribution in [-0.4, -0.2) is 44.3 Å². The number of thiophene rings is 1. The fraction of sp³-hybridized carbons (Fsp3) is 0.278. The summed E-state index contributed by atoms with van der Waals surface area (Å²) in [5.41, 5.74) is 1.55. The molecule has 1 atom stereocenters. The van der Waals surface area contributed by atoms with Crippen LogP contribution >= 0.6 is 22.9 Å². The number of carbonyl (C=O) groups excluding carboxylic acids is 1. The van der Waals surface area contributed by atoms with E-state index < -0.39 is 12.0 Å². The second-order valence-corrected chi connectivity index (χ2v) is 7.71. The van der Waals surface area contributed by atoms with Crippen molar-refractivity contribution in [1.29, 1.82) is 0 Å². The molecule has 0 aliphatic carbocycles. The summed E-state index contributed by atoms with van der Waals surface area (Å²) < 4.78 is 1.74. The monoisotopic (exact) mass is 389 g/mol. The smallest absolute Gasteiger partial charge is 0.326 e.